The number of carbonyl (C=O) groups excluding carboxylic acids is 3. The average molecular weight is 486 g/mol. The molecule has 0 spiro atoms. The molecule has 0 saturated heterocycles. The van der Waals surface area contributed by atoms with Crippen LogP contribution in [0.25, 0.3) is 0 Å². The average Bonchev–Trinajstić information content (AvgIpc) is 2.78. The Labute approximate surface area is 204 Å². The van der Waals surface area contributed by atoms with Crippen molar-refractivity contribution < 1.29 is 29.4 Å². The molecule has 0 radical (unpaired) electrons. The van der Waals surface area contributed by atoms with Crippen LogP contribution in [0, 0.1) is 0 Å². The summed E-state index contributed by atoms with van der Waals surface area (Å²) in [5, 5.41) is 25.9. The van der Waals surface area contributed by atoms with E-state index >= 15 is 0 Å². The molecule has 0 bridgehead atoms. The van der Waals surface area contributed by atoms with E-state index in [0.717, 1.165) is 19.3 Å². The van der Waals surface area contributed by atoms with Crippen molar-refractivity contribution >= 4 is 23.7 Å². The molecule has 0 aromatic rings. The third kappa shape index (κ3) is 16.5. The van der Waals surface area contributed by atoms with E-state index in [1.54, 1.807) is 0 Å². The number of hydrogen-bond acceptors (Lipinski definition) is 5. The Morgan fingerprint density at radius 1 is 0.735 bits per heavy atom. The number of amides is 3. The molecule has 9 heteroatoms. The first-order valence-corrected chi connectivity index (χ1v) is 12.9. The first-order chi connectivity index (χ1) is 16.2. The number of unbranched alkanes of at least 4 members (excludes halogenated alkanes) is 12. The van der Waals surface area contributed by atoms with E-state index in [1.807, 2.05) is 0 Å². The van der Waals surface area contributed by atoms with Crippen molar-refractivity contribution in [1.29, 1.82) is 0 Å². The smallest absolute Gasteiger partial charge is 0.305 e. The Balaban J connectivity index is 4.12. The molecule has 9 nitrogen and oxygen atoms in total. The Kier molecular flexibility index (Phi) is 18.9. The lowest BCUT2D eigenvalue weighted by atomic mass is 10.0. The van der Waals surface area contributed by atoms with Gasteiger partial charge in [-0.3, -0.25) is 19.2 Å². The number of rotatable bonds is 21. The van der Waals surface area contributed by atoms with Gasteiger partial charge in [0.2, 0.25) is 17.7 Å². The van der Waals surface area contributed by atoms with E-state index in [9.17, 15) is 24.3 Å². The van der Waals surface area contributed by atoms with Crippen LogP contribution < -0.4 is 16.0 Å². The molecule has 0 rings (SSSR count). The molecule has 34 heavy (non-hydrogen) atoms. The molecule has 0 saturated carbocycles. The zero-order chi connectivity index (χ0) is 25.8. The van der Waals surface area contributed by atoms with Crippen LogP contribution >= 0.6 is 0 Å². The number of carbonyl (C=O) groups is 4. The Morgan fingerprint density at radius 3 is 1.62 bits per heavy atom. The maximum atomic E-state index is 12.5. The van der Waals surface area contributed by atoms with Gasteiger partial charge < -0.3 is 26.2 Å². The highest BCUT2D eigenvalue weighted by Gasteiger charge is 2.30. The largest absolute Gasteiger partial charge is 0.481 e. The van der Waals surface area contributed by atoms with Gasteiger partial charge in [0.05, 0.1) is 12.5 Å². The molecule has 0 heterocycles. The summed E-state index contributed by atoms with van der Waals surface area (Å²) < 4.78 is 0. The molecule has 5 N–H and O–H groups in total. The van der Waals surface area contributed by atoms with Crippen molar-refractivity contribution in [3.63, 3.8) is 0 Å². The third-order valence-corrected chi connectivity index (χ3v) is 5.85. The van der Waals surface area contributed by atoms with Gasteiger partial charge in [0.25, 0.3) is 0 Å². The predicted octanol–water partition coefficient (Wildman–Crippen LogP) is 3.04. The zero-order valence-corrected chi connectivity index (χ0v) is 21.4. The Hall–Kier alpha value is -2.16. The first-order valence-electron chi connectivity index (χ1n) is 12.9. The van der Waals surface area contributed by atoms with Gasteiger partial charge >= 0.3 is 5.97 Å². The number of carboxylic acids is 1. The van der Waals surface area contributed by atoms with E-state index < -0.39 is 42.4 Å². The molecule has 0 unspecified atom stereocenters. The standard InChI is InChI=1S/C25H47N3O6/c1-4-5-6-7-8-9-10-11-12-13-14-15-16-17-21(30)28-23(19(2)29)25(34)27-20(18-22(31)32)24(33)26-3/h19-20,23,29H,4-18H2,1-3H3,(H,26,33)(H,27,34)(H,28,30)(H,31,32)/t19-,20+,23+/m1/s1. The van der Waals surface area contributed by atoms with Gasteiger partial charge in [0.15, 0.2) is 0 Å². The van der Waals surface area contributed by atoms with Gasteiger partial charge in [-0.1, -0.05) is 84.0 Å². The lowest BCUT2D eigenvalue weighted by molar-refractivity contribution is -0.141. The number of carboxylic acid groups (broad SMARTS) is 1. The van der Waals surface area contributed by atoms with Crippen LogP contribution in [0.2, 0.25) is 0 Å². The molecular formula is C25H47N3O6. The lowest BCUT2D eigenvalue weighted by Crippen LogP contribution is -2.57. The van der Waals surface area contributed by atoms with Crippen LogP contribution in [0.5, 0.6) is 0 Å². The minimum absolute atomic E-state index is 0.238. The molecule has 0 aromatic heterocycles. The van der Waals surface area contributed by atoms with E-state index in [1.165, 1.54) is 71.8 Å². The molecule has 3 atom stereocenters. The van der Waals surface area contributed by atoms with Crippen LogP contribution in [0.3, 0.4) is 0 Å². The highest BCUT2D eigenvalue weighted by Crippen LogP contribution is 2.13. The molecule has 0 aliphatic carbocycles. The Morgan fingerprint density at radius 2 is 1.21 bits per heavy atom. The van der Waals surface area contributed by atoms with Crippen LogP contribution in [-0.4, -0.2) is 59.1 Å². The zero-order valence-electron chi connectivity index (χ0n) is 21.4. The lowest BCUT2D eigenvalue weighted by Gasteiger charge is -2.23. The highest BCUT2D eigenvalue weighted by molar-refractivity contribution is 5.93. The van der Waals surface area contributed by atoms with E-state index in [4.69, 9.17) is 5.11 Å². The summed E-state index contributed by atoms with van der Waals surface area (Å²) in [4.78, 5) is 47.5. The maximum absolute atomic E-state index is 12.5. The minimum atomic E-state index is -1.30. The molecule has 0 aliphatic rings. The number of hydrogen-bond donors (Lipinski definition) is 5. The van der Waals surface area contributed by atoms with Gasteiger partial charge in [-0.15, -0.1) is 0 Å². The van der Waals surface area contributed by atoms with Crippen molar-refractivity contribution in [1.82, 2.24) is 16.0 Å². The van der Waals surface area contributed by atoms with Crippen molar-refractivity contribution in [3.8, 4) is 0 Å². The van der Waals surface area contributed by atoms with Crippen LogP contribution in [0.15, 0.2) is 0 Å². The van der Waals surface area contributed by atoms with Crippen molar-refractivity contribution in [2.45, 2.75) is 128 Å². The van der Waals surface area contributed by atoms with Crippen molar-refractivity contribution in [2.75, 3.05) is 7.05 Å². The molecular weight excluding hydrogens is 438 g/mol. The fraction of sp³-hybridized carbons (Fsp3) is 0.840. The van der Waals surface area contributed by atoms with Gasteiger partial charge in [-0.05, 0) is 13.3 Å². The number of aliphatic hydroxyl groups is 1. The fourth-order valence-electron chi connectivity index (χ4n) is 3.77. The van der Waals surface area contributed by atoms with Crippen molar-refractivity contribution in [3.05, 3.63) is 0 Å². The second-order valence-electron chi connectivity index (χ2n) is 9.05. The van der Waals surface area contributed by atoms with Crippen molar-refractivity contribution in [2.24, 2.45) is 0 Å². The summed E-state index contributed by atoms with van der Waals surface area (Å²) in [6, 6.07) is -2.57. The summed E-state index contributed by atoms with van der Waals surface area (Å²) in [6.45, 7) is 3.58. The van der Waals surface area contributed by atoms with Gasteiger partial charge in [-0.25, -0.2) is 0 Å². The SMILES string of the molecule is CCCCCCCCCCCCCCCC(=O)N[C@H](C(=O)N[C@@H](CC(=O)O)C(=O)NC)[C@@H](C)O. The van der Waals surface area contributed by atoms with Gasteiger partial charge in [0, 0.05) is 13.5 Å². The molecule has 0 aliphatic heterocycles. The summed E-state index contributed by atoms with van der Waals surface area (Å²) in [6.07, 6.45) is 14.0. The monoisotopic (exact) mass is 485 g/mol. The highest BCUT2D eigenvalue weighted by atomic mass is 16.4. The van der Waals surface area contributed by atoms with E-state index in [-0.39, 0.29) is 12.3 Å². The first kappa shape index (κ1) is 31.8. The van der Waals surface area contributed by atoms with Crippen LogP contribution in [-0.2, 0) is 19.2 Å². The summed E-state index contributed by atoms with van der Waals surface area (Å²) >= 11 is 0. The summed E-state index contributed by atoms with van der Waals surface area (Å²) in [5.74, 6) is -3.09. The number of nitrogens with one attached hydrogen (secondary N) is 3. The van der Waals surface area contributed by atoms with E-state index in [2.05, 4.69) is 22.9 Å². The number of aliphatic hydroxyl groups excluding tert-OH is 1. The molecule has 0 fully saturated rings. The van der Waals surface area contributed by atoms with Gasteiger partial charge in [0.1, 0.15) is 12.1 Å². The fourth-order valence-corrected chi connectivity index (χ4v) is 3.77. The predicted molar refractivity (Wildman–Crippen MR) is 132 cm³/mol. The number of aliphatic carboxylic acids is 1. The minimum Gasteiger partial charge on any atom is -0.481 e. The third-order valence-electron chi connectivity index (χ3n) is 5.85. The maximum Gasteiger partial charge on any atom is 0.305 e. The molecule has 198 valence electrons. The second-order valence-corrected chi connectivity index (χ2v) is 9.05. The normalized spacial score (nSPS) is 13.5. The summed E-state index contributed by atoms with van der Waals surface area (Å²) in [7, 11) is 1.33. The number of likely N-dealkylation sites (N-methyl/N-ethyl adjacent to an activating group) is 1. The summed E-state index contributed by atoms with van der Waals surface area (Å²) in [5.41, 5.74) is 0. The van der Waals surface area contributed by atoms with E-state index in [0.29, 0.717) is 6.42 Å². The molecule has 0 aromatic carbocycles. The molecule has 3 amide bonds. The topological polar surface area (TPSA) is 145 Å². The van der Waals surface area contributed by atoms with Gasteiger partial charge in [-0.2, -0.15) is 0 Å². The van der Waals surface area contributed by atoms with Crippen LogP contribution in [0.4, 0.5) is 0 Å². The quantitative estimate of drug-likeness (QED) is 0.158. The van der Waals surface area contributed by atoms with Crippen LogP contribution in [0.1, 0.15) is 110 Å². The second kappa shape index (κ2) is 20.2. The Bertz CT molecular complexity index is 597.